The first-order chi connectivity index (χ1) is 13.3. The Labute approximate surface area is 164 Å². The molecule has 9 nitrogen and oxygen atoms in total. The second kappa shape index (κ2) is 7.95. The first-order valence-corrected chi connectivity index (χ1v) is 9.38. The summed E-state index contributed by atoms with van der Waals surface area (Å²) in [5.41, 5.74) is 1.71. The number of likely N-dealkylation sites (tertiary alicyclic amines) is 1. The summed E-state index contributed by atoms with van der Waals surface area (Å²) in [6.45, 7) is 4.95. The van der Waals surface area contributed by atoms with Crippen molar-refractivity contribution in [2.45, 2.75) is 32.2 Å². The van der Waals surface area contributed by atoms with E-state index in [0.717, 1.165) is 6.42 Å². The normalized spacial score (nSPS) is 16.5. The summed E-state index contributed by atoms with van der Waals surface area (Å²) < 4.78 is 1.71. The third-order valence-corrected chi connectivity index (χ3v) is 4.77. The molecule has 1 atom stereocenters. The summed E-state index contributed by atoms with van der Waals surface area (Å²) in [7, 11) is 5.52. The van der Waals surface area contributed by atoms with Crippen LogP contribution in [-0.4, -0.2) is 69.5 Å². The number of carbonyl (C=O) groups is 2. The number of imidazole rings is 1. The Balaban J connectivity index is 1.87. The van der Waals surface area contributed by atoms with E-state index in [1.54, 1.807) is 40.1 Å². The van der Waals surface area contributed by atoms with Crippen molar-refractivity contribution >= 4 is 17.8 Å². The van der Waals surface area contributed by atoms with Crippen LogP contribution in [0.2, 0.25) is 0 Å². The van der Waals surface area contributed by atoms with Crippen molar-refractivity contribution in [2.24, 2.45) is 7.05 Å². The fourth-order valence-corrected chi connectivity index (χ4v) is 3.32. The van der Waals surface area contributed by atoms with Crippen LogP contribution in [0, 0.1) is 0 Å². The molecule has 2 aromatic rings. The summed E-state index contributed by atoms with van der Waals surface area (Å²) in [5.74, 6) is 0.281. The SMILES string of the molecule is CC(C)NC(=O)c1cnc(N(C)C)nc1C1CCN(C(=O)c2cncn2C)C1. The van der Waals surface area contributed by atoms with Gasteiger partial charge in [0.25, 0.3) is 11.8 Å². The lowest BCUT2D eigenvalue weighted by Crippen LogP contribution is -2.33. The van der Waals surface area contributed by atoms with Gasteiger partial charge in [-0.05, 0) is 20.3 Å². The predicted molar refractivity (Wildman–Crippen MR) is 105 cm³/mol. The van der Waals surface area contributed by atoms with Gasteiger partial charge in [0.2, 0.25) is 5.95 Å². The van der Waals surface area contributed by atoms with Gasteiger partial charge in [-0.15, -0.1) is 0 Å². The minimum atomic E-state index is -0.188. The Bertz CT molecular complexity index is 875. The number of aryl methyl sites for hydroxylation is 1. The van der Waals surface area contributed by atoms with Gasteiger partial charge >= 0.3 is 0 Å². The summed E-state index contributed by atoms with van der Waals surface area (Å²) in [6.07, 6.45) is 5.52. The molecule has 0 spiro atoms. The van der Waals surface area contributed by atoms with Crippen molar-refractivity contribution in [2.75, 3.05) is 32.1 Å². The summed E-state index contributed by atoms with van der Waals surface area (Å²) in [5, 5.41) is 2.91. The van der Waals surface area contributed by atoms with Crippen LogP contribution < -0.4 is 10.2 Å². The molecule has 2 aromatic heterocycles. The van der Waals surface area contributed by atoms with E-state index in [9.17, 15) is 9.59 Å². The van der Waals surface area contributed by atoms with E-state index >= 15 is 0 Å². The maximum Gasteiger partial charge on any atom is 0.272 e. The largest absolute Gasteiger partial charge is 0.350 e. The first-order valence-electron chi connectivity index (χ1n) is 9.38. The van der Waals surface area contributed by atoms with Crippen molar-refractivity contribution in [3.8, 4) is 0 Å². The van der Waals surface area contributed by atoms with Gasteiger partial charge in [0.05, 0.1) is 23.8 Å². The summed E-state index contributed by atoms with van der Waals surface area (Å²) >= 11 is 0. The number of anilines is 1. The van der Waals surface area contributed by atoms with Gasteiger partial charge in [-0.1, -0.05) is 0 Å². The lowest BCUT2D eigenvalue weighted by atomic mass is 9.99. The zero-order valence-electron chi connectivity index (χ0n) is 17.0. The van der Waals surface area contributed by atoms with E-state index < -0.39 is 0 Å². The molecular weight excluding hydrogens is 358 g/mol. The van der Waals surface area contributed by atoms with E-state index in [-0.39, 0.29) is 23.8 Å². The molecule has 3 heterocycles. The van der Waals surface area contributed by atoms with Gasteiger partial charge in [0.15, 0.2) is 0 Å². The molecule has 0 saturated carbocycles. The van der Waals surface area contributed by atoms with Crippen LogP contribution in [0.3, 0.4) is 0 Å². The van der Waals surface area contributed by atoms with Gasteiger partial charge in [-0.3, -0.25) is 9.59 Å². The molecule has 1 N–H and O–H groups in total. The van der Waals surface area contributed by atoms with Crippen LogP contribution in [-0.2, 0) is 7.05 Å². The topological polar surface area (TPSA) is 96.2 Å². The molecule has 9 heteroatoms. The smallest absolute Gasteiger partial charge is 0.272 e. The molecule has 2 amide bonds. The van der Waals surface area contributed by atoms with Gasteiger partial charge < -0.3 is 19.7 Å². The van der Waals surface area contributed by atoms with Crippen LogP contribution in [0.15, 0.2) is 18.7 Å². The minimum Gasteiger partial charge on any atom is -0.350 e. The van der Waals surface area contributed by atoms with Crippen LogP contribution >= 0.6 is 0 Å². The molecule has 0 bridgehead atoms. The zero-order chi connectivity index (χ0) is 20.4. The van der Waals surface area contributed by atoms with Gasteiger partial charge in [-0.2, -0.15) is 0 Å². The Morgan fingerprint density at radius 2 is 2.04 bits per heavy atom. The van der Waals surface area contributed by atoms with Crippen LogP contribution in [0.1, 0.15) is 52.7 Å². The third kappa shape index (κ3) is 3.97. The third-order valence-electron chi connectivity index (χ3n) is 4.77. The Morgan fingerprint density at radius 3 is 2.64 bits per heavy atom. The Hall–Kier alpha value is -2.97. The van der Waals surface area contributed by atoms with Crippen molar-refractivity contribution in [3.63, 3.8) is 0 Å². The molecule has 3 rings (SSSR count). The number of rotatable bonds is 5. The maximum absolute atomic E-state index is 12.8. The average Bonchev–Trinajstić information content (AvgIpc) is 3.29. The van der Waals surface area contributed by atoms with Crippen molar-refractivity contribution in [3.05, 3.63) is 35.7 Å². The van der Waals surface area contributed by atoms with Crippen LogP contribution in [0.4, 0.5) is 5.95 Å². The minimum absolute atomic E-state index is 0.0142. The molecule has 28 heavy (non-hydrogen) atoms. The van der Waals surface area contributed by atoms with E-state index in [2.05, 4.69) is 20.3 Å². The highest BCUT2D eigenvalue weighted by molar-refractivity contribution is 5.96. The van der Waals surface area contributed by atoms with Crippen LogP contribution in [0.5, 0.6) is 0 Å². The van der Waals surface area contributed by atoms with E-state index in [1.807, 2.05) is 27.9 Å². The predicted octanol–water partition coefficient (Wildman–Crippen LogP) is 1.04. The van der Waals surface area contributed by atoms with Gasteiger partial charge in [-0.25, -0.2) is 15.0 Å². The number of nitrogens with one attached hydrogen (secondary N) is 1. The van der Waals surface area contributed by atoms with Crippen molar-refractivity contribution < 1.29 is 9.59 Å². The highest BCUT2D eigenvalue weighted by Gasteiger charge is 2.33. The molecule has 1 unspecified atom stereocenters. The highest BCUT2D eigenvalue weighted by atomic mass is 16.2. The van der Waals surface area contributed by atoms with Crippen molar-refractivity contribution in [1.82, 2.24) is 29.7 Å². The first kappa shape index (κ1) is 19.8. The second-order valence-electron chi connectivity index (χ2n) is 7.62. The summed E-state index contributed by atoms with van der Waals surface area (Å²) in [6, 6.07) is 0.0142. The molecule has 0 aliphatic carbocycles. The number of hydrogen-bond acceptors (Lipinski definition) is 6. The molecule has 0 radical (unpaired) electrons. The molecule has 0 aromatic carbocycles. The number of carbonyl (C=O) groups excluding carboxylic acids is 2. The molecule has 1 aliphatic heterocycles. The molecule has 1 fully saturated rings. The number of aromatic nitrogens is 4. The fourth-order valence-electron chi connectivity index (χ4n) is 3.32. The quantitative estimate of drug-likeness (QED) is 0.826. The van der Waals surface area contributed by atoms with E-state index in [1.165, 1.54) is 0 Å². The van der Waals surface area contributed by atoms with Crippen molar-refractivity contribution in [1.29, 1.82) is 0 Å². The van der Waals surface area contributed by atoms with Crippen LogP contribution in [0.25, 0.3) is 0 Å². The number of hydrogen-bond donors (Lipinski definition) is 1. The maximum atomic E-state index is 12.8. The van der Waals surface area contributed by atoms with Gasteiger partial charge in [0, 0.05) is 52.4 Å². The summed E-state index contributed by atoms with van der Waals surface area (Å²) in [4.78, 5) is 42.0. The Morgan fingerprint density at radius 1 is 1.29 bits per heavy atom. The number of amides is 2. The Kier molecular flexibility index (Phi) is 5.62. The van der Waals surface area contributed by atoms with Gasteiger partial charge in [0.1, 0.15) is 5.69 Å². The molecule has 1 saturated heterocycles. The lowest BCUT2D eigenvalue weighted by Gasteiger charge is -2.19. The molecule has 150 valence electrons. The fraction of sp³-hybridized carbons (Fsp3) is 0.526. The average molecular weight is 385 g/mol. The van der Waals surface area contributed by atoms with E-state index in [4.69, 9.17) is 0 Å². The standard InChI is InChI=1S/C19H27N7O2/c1-12(2)22-17(27)14-8-21-19(24(3)4)23-16(14)13-6-7-26(10-13)18(28)15-9-20-11-25(15)5/h8-9,11-13H,6-7,10H2,1-5H3,(H,22,27). The second-order valence-corrected chi connectivity index (χ2v) is 7.62. The molecular formula is C19H27N7O2. The lowest BCUT2D eigenvalue weighted by molar-refractivity contribution is 0.0781. The monoisotopic (exact) mass is 385 g/mol. The zero-order valence-corrected chi connectivity index (χ0v) is 17.0. The van der Waals surface area contributed by atoms with E-state index in [0.29, 0.717) is 36.0 Å². The number of nitrogens with zero attached hydrogens (tertiary/aromatic N) is 6. The molecule has 1 aliphatic rings. The highest BCUT2D eigenvalue weighted by Crippen LogP contribution is 2.30.